The Morgan fingerprint density at radius 1 is 0.939 bits per heavy atom. The number of thiophene rings is 1. The Morgan fingerprint density at radius 3 is 2.52 bits per heavy atom. The lowest BCUT2D eigenvalue weighted by atomic mass is 10.1. The molecule has 0 atom stereocenters. The monoisotopic (exact) mass is 481 g/mol. The van der Waals surface area contributed by atoms with Gasteiger partial charge >= 0.3 is 6.18 Å². The number of hydrogen-bond donors (Lipinski definition) is 1. The molecule has 2 aromatic carbocycles. The van der Waals surface area contributed by atoms with Crippen LogP contribution in [0.4, 0.5) is 18.9 Å². The first-order valence-electron chi connectivity index (χ1n) is 9.76. The molecule has 0 aliphatic carbocycles. The lowest BCUT2D eigenvalue weighted by molar-refractivity contribution is -0.137. The molecule has 9 heteroatoms. The molecule has 0 radical (unpaired) electrons. The molecule has 3 aromatic heterocycles. The van der Waals surface area contributed by atoms with Crippen LogP contribution in [0.3, 0.4) is 0 Å². The second-order valence-corrected chi connectivity index (χ2v) is 9.05. The van der Waals surface area contributed by atoms with E-state index in [1.807, 2.05) is 35.7 Å². The van der Waals surface area contributed by atoms with Crippen LogP contribution in [0.15, 0.2) is 78.4 Å². The molecule has 0 unspecified atom stereocenters. The van der Waals surface area contributed by atoms with Crippen LogP contribution in [-0.4, -0.2) is 15.9 Å². The maximum atomic E-state index is 13.1. The van der Waals surface area contributed by atoms with Gasteiger partial charge in [0.15, 0.2) is 0 Å². The summed E-state index contributed by atoms with van der Waals surface area (Å²) < 4.78 is 38.5. The number of benzene rings is 2. The predicted molar refractivity (Wildman–Crippen MR) is 126 cm³/mol. The number of carbonyl (C=O) groups is 1. The molecule has 1 amide bonds. The summed E-state index contributed by atoms with van der Waals surface area (Å²) in [5.74, 6) is -0.274. The van der Waals surface area contributed by atoms with Crippen molar-refractivity contribution in [3.8, 4) is 21.0 Å². The van der Waals surface area contributed by atoms with E-state index in [-0.39, 0.29) is 5.91 Å². The van der Waals surface area contributed by atoms with Crippen molar-refractivity contribution in [1.82, 2.24) is 9.97 Å². The zero-order valence-corrected chi connectivity index (χ0v) is 18.4. The maximum Gasteiger partial charge on any atom is 0.416 e. The van der Waals surface area contributed by atoms with E-state index in [0.29, 0.717) is 32.2 Å². The molecule has 3 heterocycles. The minimum Gasteiger partial charge on any atom is -0.319 e. The number of fused-ring (bicyclic) bond motifs is 1. The van der Waals surface area contributed by atoms with Crippen molar-refractivity contribution in [1.29, 1.82) is 0 Å². The van der Waals surface area contributed by atoms with Gasteiger partial charge in [-0.2, -0.15) is 13.2 Å². The van der Waals surface area contributed by atoms with Gasteiger partial charge < -0.3 is 5.32 Å². The van der Waals surface area contributed by atoms with Gasteiger partial charge in [0.1, 0.15) is 9.88 Å². The Kier molecular flexibility index (Phi) is 5.43. The quantitative estimate of drug-likeness (QED) is 0.292. The molecule has 0 aliphatic rings. The first-order valence-corrected chi connectivity index (χ1v) is 11.5. The first kappa shape index (κ1) is 21.3. The van der Waals surface area contributed by atoms with Gasteiger partial charge in [-0.15, -0.1) is 22.7 Å². The molecular weight excluding hydrogens is 467 g/mol. The van der Waals surface area contributed by atoms with Crippen LogP contribution in [0.25, 0.3) is 31.9 Å². The van der Waals surface area contributed by atoms with Gasteiger partial charge in [-0.1, -0.05) is 30.3 Å². The highest BCUT2D eigenvalue weighted by atomic mass is 32.1. The highest BCUT2D eigenvalue weighted by Crippen LogP contribution is 2.37. The number of alkyl halides is 3. The zero-order chi connectivity index (χ0) is 23.0. The average Bonchev–Trinajstić information content (AvgIpc) is 3.49. The number of thiazole rings is 1. The van der Waals surface area contributed by atoms with E-state index in [1.165, 1.54) is 34.8 Å². The van der Waals surface area contributed by atoms with Crippen molar-refractivity contribution in [2.24, 2.45) is 0 Å². The number of rotatable bonds is 4. The van der Waals surface area contributed by atoms with Gasteiger partial charge in [0, 0.05) is 23.3 Å². The molecular formula is C24H14F3N3OS2. The Hall–Kier alpha value is -3.56. The predicted octanol–water partition coefficient (Wildman–Crippen LogP) is 7.36. The van der Waals surface area contributed by atoms with Crippen LogP contribution in [0.5, 0.6) is 0 Å². The normalized spacial score (nSPS) is 11.6. The summed E-state index contributed by atoms with van der Waals surface area (Å²) in [6.07, 6.45) is -1.10. The molecule has 1 N–H and O–H groups in total. The van der Waals surface area contributed by atoms with Crippen molar-refractivity contribution >= 4 is 45.2 Å². The van der Waals surface area contributed by atoms with Crippen molar-refractivity contribution < 1.29 is 18.0 Å². The number of anilines is 1. The van der Waals surface area contributed by atoms with Crippen LogP contribution in [0.1, 0.15) is 15.2 Å². The first-order chi connectivity index (χ1) is 15.9. The maximum absolute atomic E-state index is 13.1. The Labute approximate surface area is 194 Å². The fourth-order valence-corrected chi connectivity index (χ4v) is 5.20. The number of carbonyl (C=O) groups excluding carboxylic acids is 1. The van der Waals surface area contributed by atoms with Gasteiger partial charge in [0.25, 0.3) is 5.91 Å². The number of halogens is 3. The molecule has 164 valence electrons. The second kappa shape index (κ2) is 8.42. The fraction of sp³-hybridized carbons (Fsp3) is 0.0417. The third-order valence-corrected chi connectivity index (χ3v) is 6.98. The smallest absolute Gasteiger partial charge is 0.319 e. The van der Waals surface area contributed by atoms with Crippen LogP contribution < -0.4 is 5.32 Å². The molecule has 33 heavy (non-hydrogen) atoms. The SMILES string of the molecule is O=C(Nc1cccc2cccnc12)c1sccc1-c1ncc(-c2ccc(C(F)(F)F)cc2)s1. The minimum absolute atomic E-state index is 0.274. The van der Waals surface area contributed by atoms with E-state index in [9.17, 15) is 18.0 Å². The van der Waals surface area contributed by atoms with Crippen LogP contribution in [0, 0.1) is 0 Å². The lowest BCUT2D eigenvalue weighted by Crippen LogP contribution is -2.11. The molecule has 4 nitrogen and oxygen atoms in total. The third kappa shape index (κ3) is 4.24. The van der Waals surface area contributed by atoms with E-state index in [2.05, 4.69) is 15.3 Å². The van der Waals surface area contributed by atoms with E-state index in [0.717, 1.165) is 22.4 Å². The molecule has 5 rings (SSSR count). The summed E-state index contributed by atoms with van der Waals surface area (Å²) in [6, 6.07) is 16.1. The molecule has 0 saturated heterocycles. The van der Waals surface area contributed by atoms with Gasteiger partial charge in [0.05, 0.1) is 21.6 Å². The summed E-state index contributed by atoms with van der Waals surface area (Å²) in [5, 5.41) is 6.28. The second-order valence-electron chi connectivity index (χ2n) is 7.10. The molecule has 0 spiro atoms. The van der Waals surface area contributed by atoms with Gasteiger partial charge in [-0.25, -0.2) is 4.98 Å². The summed E-state index contributed by atoms with van der Waals surface area (Å²) in [7, 11) is 0. The lowest BCUT2D eigenvalue weighted by Gasteiger charge is -2.08. The highest BCUT2D eigenvalue weighted by Gasteiger charge is 2.30. The summed E-state index contributed by atoms with van der Waals surface area (Å²) in [4.78, 5) is 23.1. The summed E-state index contributed by atoms with van der Waals surface area (Å²) in [5.41, 5.74) is 1.92. The largest absolute Gasteiger partial charge is 0.416 e. The third-order valence-electron chi connectivity index (χ3n) is 4.99. The van der Waals surface area contributed by atoms with E-state index in [1.54, 1.807) is 18.5 Å². The van der Waals surface area contributed by atoms with Crippen molar-refractivity contribution in [2.75, 3.05) is 5.32 Å². The van der Waals surface area contributed by atoms with Crippen molar-refractivity contribution in [3.63, 3.8) is 0 Å². The summed E-state index contributed by atoms with van der Waals surface area (Å²) in [6.45, 7) is 0. The summed E-state index contributed by atoms with van der Waals surface area (Å²) >= 11 is 2.62. The number of para-hydroxylation sites is 1. The van der Waals surface area contributed by atoms with E-state index in [4.69, 9.17) is 0 Å². The fourth-order valence-electron chi connectivity index (χ4n) is 3.39. The minimum atomic E-state index is -4.38. The van der Waals surface area contributed by atoms with Crippen molar-refractivity contribution in [3.05, 3.63) is 88.9 Å². The van der Waals surface area contributed by atoms with Crippen LogP contribution in [0.2, 0.25) is 0 Å². The van der Waals surface area contributed by atoms with E-state index >= 15 is 0 Å². The Balaban J connectivity index is 1.41. The van der Waals surface area contributed by atoms with Crippen LogP contribution in [-0.2, 0) is 6.18 Å². The van der Waals surface area contributed by atoms with Crippen molar-refractivity contribution in [2.45, 2.75) is 6.18 Å². The Bertz CT molecular complexity index is 1450. The Morgan fingerprint density at radius 2 is 1.73 bits per heavy atom. The van der Waals surface area contributed by atoms with Gasteiger partial charge in [-0.3, -0.25) is 9.78 Å². The van der Waals surface area contributed by atoms with E-state index < -0.39 is 11.7 Å². The van der Waals surface area contributed by atoms with Gasteiger partial charge in [-0.05, 0) is 41.3 Å². The number of aromatic nitrogens is 2. The molecule has 0 bridgehead atoms. The average molecular weight is 482 g/mol. The number of amides is 1. The topological polar surface area (TPSA) is 54.9 Å². The molecule has 0 saturated carbocycles. The number of hydrogen-bond acceptors (Lipinski definition) is 5. The van der Waals surface area contributed by atoms with Gasteiger partial charge in [0.2, 0.25) is 0 Å². The number of nitrogens with one attached hydrogen (secondary N) is 1. The molecule has 5 aromatic rings. The number of nitrogens with zero attached hydrogens (tertiary/aromatic N) is 2. The standard InChI is InChI=1S/C24H14F3N3OS2/c25-24(26,27)16-8-6-14(7-9-16)19-13-29-23(33-19)17-10-12-32-21(17)22(31)30-18-5-1-3-15-4-2-11-28-20(15)18/h1-13H,(H,30,31). The zero-order valence-electron chi connectivity index (χ0n) is 16.8. The van der Waals surface area contributed by atoms with Crippen LogP contribution >= 0.6 is 22.7 Å². The number of pyridine rings is 1. The highest BCUT2D eigenvalue weighted by molar-refractivity contribution is 7.19. The molecule has 0 aliphatic heterocycles. The molecule has 0 fully saturated rings.